The van der Waals surface area contributed by atoms with Gasteiger partial charge in [0.1, 0.15) is 0 Å². The van der Waals surface area contributed by atoms with E-state index in [0.717, 1.165) is 31.7 Å². The van der Waals surface area contributed by atoms with Crippen LogP contribution in [0.1, 0.15) is 31.2 Å². The molecule has 2 unspecified atom stereocenters. The van der Waals surface area contributed by atoms with Gasteiger partial charge in [0.25, 0.3) is 0 Å². The van der Waals surface area contributed by atoms with E-state index in [-0.39, 0.29) is 17.2 Å². The second-order valence-electron chi connectivity index (χ2n) is 5.00. The van der Waals surface area contributed by atoms with Crippen molar-refractivity contribution in [3.05, 3.63) is 28.8 Å². The molecule has 0 heterocycles. The van der Waals surface area contributed by atoms with Crippen molar-refractivity contribution in [2.75, 3.05) is 12.4 Å². The zero-order valence-corrected chi connectivity index (χ0v) is 11.9. The van der Waals surface area contributed by atoms with E-state index in [4.69, 9.17) is 16.3 Å². The van der Waals surface area contributed by atoms with Crippen molar-refractivity contribution < 1.29 is 17.9 Å². The van der Waals surface area contributed by atoms with Crippen LogP contribution < -0.4 is 5.32 Å². The van der Waals surface area contributed by atoms with E-state index < -0.39 is 11.7 Å². The minimum Gasteiger partial charge on any atom is -0.380 e. The second kappa shape index (κ2) is 6.22. The van der Waals surface area contributed by atoms with E-state index in [2.05, 4.69) is 5.32 Å². The van der Waals surface area contributed by atoms with Crippen LogP contribution >= 0.6 is 11.6 Å². The van der Waals surface area contributed by atoms with E-state index in [0.29, 0.717) is 5.69 Å². The van der Waals surface area contributed by atoms with Crippen LogP contribution in [0, 0.1) is 0 Å². The van der Waals surface area contributed by atoms with Crippen LogP contribution in [0.3, 0.4) is 0 Å². The van der Waals surface area contributed by atoms with Gasteiger partial charge >= 0.3 is 6.18 Å². The van der Waals surface area contributed by atoms with E-state index in [1.807, 2.05) is 0 Å². The summed E-state index contributed by atoms with van der Waals surface area (Å²) in [5.41, 5.74) is -0.385. The molecule has 1 aliphatic rings. The summed E-state index contributed by atoms with van der Waals surface area (Å²) in [5, 5.41) is 2.86. The molecule has 2 nitrogen and oxygen atoms in total. The number of hydrogen-bond donors (Lipinski definition) is 1. The smallest absolute Gasteiger partial charge is 0.380 e. The van der Waals surface area contributed by atoms with E-state index in [9.17, 15) is 13.2 Å². The summed E-state index contributed by atoms with van der Waals surface area (Å²) in [7, 11) is 1.63. The Balaban J connectivity index is 2.17. The van der Waals surface area contributed by atoms with Crippen LogP contribution in [-0.2, 0) is 10.9 Å². The lowest BCUT2D eigenvalue weighted by Gasteiger charge is -2.32. The van der Waals surface area contributed by atoms with Crippen LogP contribution in [-0.4, -0.2) is 19.3 Å². The molecule has 112 valence electrons. The van der Waals surface area contributed by atoms with Gasteiger partial charge in [-0.2, -0.15) is 13.2 Å². The molecule has 2 atom stereocenters. The maximum atomic E-state index is 12.8. The minimum atomic E-state index is -4.44. The largest absolute Gasteiger partial charge is 0.417 e. The molecule has 1 aromatic carbocycles. The lowest BCUT2D eigenvalue weighted by atomic mass is 9.92. The van der Waals surface area contributed by atoms with Crippen molar-refractivity contribution in [2.45, 2.75) is 44.0 Å². The first-order valence-electron chi connectivity index (χ1n) is 6.58. The van der Waals surface area contributed by atoms with Crippen molar-refractivity contribution in [3.8, 4) is 0 Å². The number of benzene rings is 1. The monoisotopic (exact) mass is 307 g/mol. The number of hydrogen-bond acceptors (Lipinski definition) is 2. The topological polar surface area (TPSA) is 21.3 Å². The summed E-state index contributed by atoms with van der Waals surface area (Å²) in [5.74, 6) is 0. The van der Waals surface area contributed by atoms with Crippen molar-refractivity contribution in [1.29, 1.82) is 0 Å². The zero-order valence-electron chi connectivity index (χ0n) is 11.1. The van der Waals surface area contributed by atoms with E-state index in [1.165, 1.54) is 6.07 Å². The van der Waals surface area contributed by atoms with Crippen LogP contribution in [0.4, 0.5) is 18.9 Å². The third-order valence-corrected chi connectivity index (χ3v) is 3.96. The summed E-state index contributed by atoms with van der Waals surface area (Å²) in [6.45, 7) is 0. The number of methoxy groups -OCH3 is 1. The van der Waals surface area contributed by atoms with Gasteiger partial charge in [0.2, 0.25) is 0 Å². The molecule has 2 rings (SSSR count). The van der Waals surface area contributed by atoms with Gasteiger partial charge in [-0.25, -0.2) is 0 Å². The summed E-state index contributed by atoms with van der Waals surface area (Å²) in [6.07, 6.45) is -0.450. The predicted octanol–water partition coefficient (Wildman–Crippen LogP) is 4.73. The Morgan fingerprint density at radius 3 is 2.60 bits per heavy atom. The summed E-state index contributed by atoms with van der Waals surface area (Å²) in [4.78, 5) is 0. The van der Waals surface area contributed by atoms with Crippen LogP contribution in [0.5, 0.6) is 0 Å². The van der Waals surface area contributed by atoms with Crippen molar-refractivity contribution in [2.24, 2.45) is 0 Å². The van der Waals surface area contributed by atoms with E-state index in [1.54, 1.807) is 13.2 Å². The molecule has 1 fully saturated rings. The number of rotatable bonds is 3. The number of ether oxygens (including phenoxy) is 1. The standard InChI is InChI=1S/C14H17ClF3NO/c1-20-13-5-3-2-4-12(13)19-9-6-7-11(15)10(8-9)14(16,17)18/h6-8,12-13,19H,2-5H2,1H3. The molecule has 1 aromatic rings. The highest BCUT2D eigenvalue weighted by molar-refractivity contribution is 6.31. The fraction of sp³-hybridized carbons (Fsp3) is 0.571. The number of halogens is 4. The average Bonchev–Trinajstić information content (AvgIpc) is 2.40. The van der Waals surface area contributed by atoms with Gasteiger partial charge in [0.15, 0.2) is 0 Å². The molecular weight excluding hydrogens is 291 g/mol. The molecule has 20 heavy (non-hydrogen) atoms. The number of anilines is 1. The first kappa shape index (κ1) is 15.4. The third-order valence-electron chi connectivity index (χ3n) is 3.63. The van der Waals surface area contributed by atoms with Crippen molar-refractivity contribution >= 4 is 17.3 Å². The summed E-state index contributed by atoms with van der Waals surface area (Å²) < 4.78 is 43.8. The lowest BCUT2D eigenvalue weighted by Crippen LogP contribution is -2.37. The van der Waals surface area contributed by atoms with Gasteiger partial charge in [-0.3, -0.25) is 0 Å². The number of nitrogens with one attached hydrogen (secondary N) is 1. The van der Waals surface area contributed by atoms with E-state index >= 15 is 0 Å². The minimum absolute atomic E-state index is 0.0359. The predicted molar refractivity (Wildman–Crippen MR) is 73.1 cm³/mol. The van der Waals surface area contributed by atoms with Gasteiger partial charge in [0.05, 0.1) is 22.7 Å². The second-order valence-corrected chi connectivity index (χ2v) is 5.41. The molecule has 1 aliphatic carbocycles. The van der Waals surface area contributed by atoms with Crippen LogP contribution in [0.25, 0.3) is 0 Å². The first-order valence-corrected chi connectivity index (χ1v) is 6.95. The Morgan fingerprint density at radius 2 is 1.95 bits per heavy atom. The van der Waals surface area contributed by atoms with Crippen LogP contribution in [0.2, 0.25) is 5.02 Å². The van der Waals surface area contributed by atoms with Gasteiger partial charge in [-0.15, -0.1) is 0 Å². The molecular formula is C14H17ClF3NO. The van der Waals surface area contributed by atoms with Gasteiger partial charge in [0, 0.05) is 12.8 Å². The van der Waals surface area contributed by atoms with Crippen molar-refractivity contribution in [1.82, 2.24) is 0 Å². The fourth-order valence-corrected chi connectivity index (χ4v) is 2.82. The highest BCUT2D eigenvalue weighted by Gasteiger charge is 2.34. The molecule has 0 amide bonds. The summed E-state index contributed by atoms with van der Waals surface area (Å²) >= 11 is 5.61. The normalized spacial score (nSPS) is 23.6. The quantitative estimate of drug-likeness (QED) is 0.871. The molecule has 1 N–H and O–H groups in total. The van der Waals surface area contributed by atoms with Crippen LogP contribution in [0.15, 0.2) is 18.2 Å². The Morgan fingerprint density at radius 1 is 1.25 bits per heavy atom. The highest BCUT2D eigenvalue weighted by atomic mass is 35.5. The van der Waals surface area contributed by atoms with Gasteiger partial charge in [-0.1, -0.05) is 24.4 Å². The molecule has 0 aliphatic heterocycles. The molecule has 1 saturated carbocycles. The Kier molecular flexibility index (Phi) is 4.81. The first-order chi connectivity index (χ1) is 9.41. The maximum absolute atomic E-state index is 12.8. The Labute approximate surface area is 121 Å². The molecule has 0 spiro atoms. The molecule has 0 radical (unpaired) electrons. The van der Waals surface area contributed by atoms with Crippen molar-refractivity contribution in [3.63, 3.8) is 0 Å². The van der Waals surface area contributed by atoms with Gasteiger partial charge in [-0.05, 0) is 31.0 Å². The fourth-order valence-electron chi connectivity index (χ4n) is 2.59. The highest BCUT2D eigenvalue weighted by Crippen LogP contribution is 2.36. The molecule has 0 bridgehead atoms. The number of alkyl halides is 3. The summed E-state index contributed by atoms with van der Waals surface area (Å²) in [6, 6.07) is 3.94. The molecule has 0 saturated heterocycles. The molecule has 6 heteroatoms. The van der Waals surface area contributed by atoms with Gasteiger partial charge < -0.3 is 10.1 Å². The lowest BCUT2D eigenvalue weighted by molar-refractivity contribution is -0.137. The zero-order chi connectivity index (χ0) is 14.8. The third kappa shape index (κ3) is 3.58. The SMILES string of the molecule is COC1CCCCC1Nc1ccc(Cl)c(C(F)(F)F)c1. The average molecular weight is 308 g/mol. The molecule has 0 aromatic heterocycles. The maximum Gasteiger partial charge on any atom is 0.417 e. The Hall–Kier alpha value is -0.940. The Bertz CT molecular complexity index is 464.